The summed E-state index contributed by atoms with van der Waals surface area (Å²) in [6, 6.07) is 8.04. The lowest BCUT2D eigenvalue weighted by Gasteiger charge is -2.31. The minimum atomic E-state index is -0.177. The minimum absolute atomic E-state index is 0.0185. The molecule has 0 radical (unpaired) electrons. The molecule has 1 aromatic carbocycles. The van der Waals surface area contributed by atoms with E-state index in [-0.39, 0.29) is 24.3 Å². The number of ether oxygens (including phenoxy) is 1. The van der Waals surface area contributed by atoms with Crippen LogP contribution in [0.4, 0.5) is 0 Å². The summed E-state index contributed by atoms with van der Waals surface area (Å²) in [5.74, 6) is -0.253. The number of nitrogens with zero attached hydrogens (tertiary/aromatic N) is 3. The van der Waals surface area contributed by atoms with Crippen LogP contribution >= 0.6 is 0 Å². The first-order valence-corrected chi connectivity index (χ1v) is 9.12. The molecule has 3 rings (SSSR count). The van der Waals surface area contributed by atoms with E-state index in [1.165, 1.54) is 7.11 Å². The van der Waals surface area contributed by atoms with Crippen LogP contribution in [0.1, 0.15) is 25.5 Å². The Hall–Kier alpha value is -2.41. The number of piperidine rings is 1. The smallest absolute Gasteiger partial charge is 0.248 e. The largest absolute Gasteiger partial charge is 0.375 e. The van der Waals surface area contributed by atoms with Crippen molar-refractivity contribution in [3.05, 3.63) is 30.0 Å². The van der Waals surface area contributed by atoms with E-state index in [2.05, 4.69) is 17.3 Å². The van der Waals surface area contributed by atoms with Gasteiger partial charge in [-0.25, -0.2) is 0 Å². The van der Waals surface area contributed by atoms with E-state index in [1.807, 2.05) is 28.9 Å². The number of fused-ring (bicyclic) bond motifs is 1. The molecule has 1 atom stereocenters. The number of methoxy groups -OCH3 is 1. The highest BCUT2D eigenvalue weighted by Crippen LogP contribution is 2.20. The van der Waals surface area contributed by atoms with E-state index in [9.17, 15) is 9.59 Å². The second kappa shape index (κ2) is 8.31. The van der Waals surface area contributed by atoms with Gasteiger partial charge in [0.2, 0.25) is 11.8 Å². The second-order valence-corrected chi connectivity index (χ2v) is 6.61. The summed E-state index contributed by atoms with van der Waals surface area (Å²) in [7, 11) is 1.51. The van der Waals surface area contributed by atoms with Crippen LogP contribution in [0, 0.1) is 5.92 Å². The van der Waals surface area contributed by atoms with Crippen molar-refractivity contribution >= 4 is 22.7 Å². The fourth-order valence-electron chi connectivity index (χ4n) is 3.52. The molecule has 7 nitrogen and oxygen atoms in total. The number of benzene rings is 1. The monoisotopic (exact) mass is 358 g/mol. The van der Waals surface area contributed by atoms with E-state index in [4.69, 9.17) is 4.74 Å². The zero-order valence-electron chi connectivity index (χ0n) is 15.4. The first-order valence-electron chi connectivity index (χ1n) is 9.12. The number of rotatable bonds is 6. The summed E-state index contributed by atoms with van der Waals surface area (Å²) < 4.78 is 6.86. The standard InChI is InChI=1S/C19H26N4O3/c1-3-23-17-9-5-4-8-15(17)16(21-23)11-20-19(25)14-7-6-10-22(12-14)18(24)13-26-2/h4-5,8-9,14H,3,6-7,10-13H2,1-2H3,(H,20,25)/t14-/m1/s1. The van der Waals surface area contributed by atoms with Gasteiger partial charge in [-0.15, -0.1) is 0 Å². The number of hydrogen-bond donors (Lipinski definition) is 1. The minimum Gasteiger partial charge on any atom is -0.375 e. The molecule has 1 N–H and O–H groups in total. The third-order valence-electron chi connectivity index (χ3n) is 4.88. The molecular weight excluding hydrogens is 332 g/mol. The Morgan fingerprint density at radius 1 is 1.35 bits per heavy atom. The van der Waals surface area contributed by atoms with Gasteiger partial charge in [-0.2, -0.15) is 5.10 Å². The van der Waals surface area contributed by atoms with Crippen molar-refractivity contribution in [3.8, 4) is 0 Å². The molecule has 1 aromatic heterocycles. The molecule has 0 unspecified atom stereocenters. The Kier molecular flexibility index (Phi) is 5.88. The molecule has 2 heterocycles. The molecule has 1 saturated heterocycles. The molecule has 26 heavy (non-hydrogen) atoms. The number of carbonyl (C=O) groups excluding carboxylic acids is 2. The molecule has 0 aliphatic carbocycles. The van der Waals surface area contributed by atoms with Gasteiger partial charge in [0.05, 0.1) is 23.7 Å². The van der Waals surface area contributed by atoms with Crippen molar-refractivity contribution in [3.63, 3.8) is 0 Å². The van der Waals surface area contributed by atoms with Crippen molar-refractivity contribution in [1.82, 2.24) is 20.0 Å². The number of hydrogen-bond acceptors (Lipinski definition) is 4. The van der Waals surface area contributed by atoms with Gasteiger partial charge in [0.25, 0.3) is 0 Å². The van der Waals surface area contributed by atoms with Crippen LogP contribution in [0.5, 0.6) is 0 Å². The first kappa shape index (κ1) is 18.4. The molecule has 1 aliphatic rings. The average Bonchev–Trinajstić information content (AvgIpc) is 3.04. The van der Waals surface area contributed by atoms with Crippen LogP contribution in [0.3, 0.4) is 0 Å². The van der Waals surface area contributed by atoms with Crippen LogP contribution in [-0.2, 0) is 27.4 Å². The molecule has 0 bridgehead atoms. The Labute approximate surface area is 153 Å². The van der Waals surface area contributed by atoms with Gasteiger partial charge in [0, 0.05) is 32.1 Å². The molecule has 2 amide bonds. The molecule has 0 spiro atoms. The number of aromatic nitrogens is 2. The van der Waals surface area contributed by atoms with Crippen LogP contribution < -0.4 is 5.32 Å². The lowest BCUT2D eigenvalue weighted by atomic mass is 9.97. The number of likely N-dealkylation sites (tertiary alicyclic amines) is 1. The summed E-state index contributed by atoms with van der Waals surface area (Å²) in [6.45, 7) is 4.45. The lowest BCUT2D eigenvalue weighted by Crippen LogP contribution is -2.46. The topological polar surface area (TPSA) is 76.5 Å². The third-order valence-corrected chi connectivity index (χ3v) is 4.88. The Morgan fingerprint density at radius 3 is 2.92 bits per heavy atom. The predicted molar refractivity (Wildman–Crippen MR) is 98.4 cm³/mol. The number of aryl methyl sites for hydroxylation is 1. The Bertz CT molecular complexity index is 786. The van der Waals surface area contributed by atoms with E-state index in [0.717, 1.165) is 36.0 Å². The highest BCUT2D eigenvalue weighted by atomic mass is 16.5. The van der Waals surface area contributed by atoms with Gasteiger partial charge in [0.1, 0.15) is 6.61 Å². The summed E-state index contributed by atoms with van der Waals surface area (Å²) in [6.07, 6.45) is 1.63. The lowest BCUT2D eigenvalue weighted by molar-refractivity contribution is -0.139. The summed E-state index contributed by atoms with van der Waals surface area (Å²) in [5, 5.41) is 8.68. The number of para-hydroxylation sites is 1. The highest BCUT2D eigenvalue weighted by molar-refractivity contribution is 5.84. The van der Waals surface area contributed by atoms with E-state index in [0.29, 0.717) is 19.6 Å². The Balaban J connectivity index is 1.63. The molecule has 7 heteroatoms. The van der Waals surface area contributed by atoms with Crippen molar-refractivity contribution in [2.24, 2.45) is 5.92 Å². The summed E-state index contributed by atoms with van der Waals surface area (Å²) in [5.41, 5.74) is 1.95. The van der Waals surface area contributed by atoms with Crippen LogP contribution in [0.25, 0.3) is 10.9 Å². The first-order chi connectivity index (χ1) is 12.6. The van der Waals surface area contributed by atoms with Crippen molar-refractivity contribution in [1.29, 1.82) is 0 Å². The summed E-state index contributed by atoms with van der Waals surface area (Å²) in [4.78, 5) is 26.3. The fraction of sp³-hybridized carbons (Fsp3) is 0.526. The number of amides is 2. The van der Waals surface area contributed by atoms with E-state index >= 15 is 0 Å². The highest BCUT2D eigenvalue weighted by Gasteiger charge is 2.28. The van der Waals surface area contributed by atoms with Gasteiger partial charge < -0.3 is 15.0 Å². The van der Waals surface area contributed by atoms with Crippen molar-refractivity contribution in [2.45, 2.75) is 32.9 Å². The maximum atomic E-state index is 12.6. The van der Waals surface area contributed by atoms with E-state index < -0.39 is 0 Å². The molecule has 0 saturated carbocycles. The molecule has 1 fully saturated rings. The number of carbonyl (C=O) groups is 2. The molecule has 140 valence electrons. The Morgan fingerprint density at radius 2 is 2.15 bits per heavy atom. The van der Waals surface area contributed by atoms with Crippen LogP contribution in [-0.4, -0.2) is 53.3 Å². The van der Waals surface area contributed by atoms with Gasteiger partial charge in [-0.05, 0) is 25.8 Å². The van der Waals surface area contributed by atoms with Crippen LogP contribution in [0.15, 0.2) is 24.3 Å². The van der Waals surface area contributed by atoms with Gasteiger partial charge in [-0.1, -0.05) is 18.2 Å². The maximum absolute atomic E-state index is 12.6. The van der Waals surface area contributed by atoms with Gasteiger partial charge in [0.15, 0.2) is 0 Å². The van der Waals surface area contributed by atoms with E-state index in [1.54, 1.807) is 4.90 Å². The predicted octanol–water partition coefficient (Wildman–Crippen LogP) is 1.56. The van der Waals surface area contributed by atoms with Gasteiger partial charge >= 0.3 is 0 Å². The third kappa shape index (κ3) is 3.88. The molecular formula is C19H26N4O3. The maximum Gasteiger partial charge on any atom is 0.248 e. The van der Waals surface area contributed by atoms with Crippen LogP contribution in [0.2, 0.25) is 0 Å². The second-order valence-electron chi connectivity index (χ2n) is 6.61. The average molecular weight is 358 g/mol. The molecule has 2 aromatic rings. The fourth-order valence-corrected chi connectivity index (χ4v) is 3.52. The van der Waals surface area contributed by atoms with Crippen molar-refractivity contribution < 1.29 is 14.3 Å². The quantitative estimate of drug-likeness (QED) is 0.850. The van der Waals surface area contributed by atoms with Gasteiger partial charge in [-0.3, -0.25) is 14.3 Å². The normalized spacial score (nSPS) is 17.5. The number of nitrogens with one attached hydrogen (secondary N) is 1. The summed E-state index contributed by atoms with van der Waals surface area (Å²) >= 11 is 0. The molecule has 1 aliphatic heterocycles. The SMILES string of the molecule is CCn1nc(CNC(=O)[C@@H]2CCCN(C(=O)COC)C2)c2ccccc21. The van der Waals surface area contributed by atoms with Crippen molar-refractivity contribution in [2.75, 3.05) is 26.8 Å². The zero-order valence-corrected chi connectivity index (χ0v) is 15.4. The zero-order chi connectivity index (χ0) is 18.5.